The zero-order chi connectivity index (χ0) is 17.7. The monoisotopic (exact) mass is 339 g/mol. The molecule has 0 aliphatic carbocycles. The molecule has 0 aliphatic rings. The Hall–Kier alpha value is -2.77. The molecule has 5 heteroatoms. The molecule has 0 saturated carbocycles. The van der Waals surface area contributed by atoms with E-state index >= 15 is 0 Å². The van der Waals surface area contributed by atoms with E-state index in [4.69, 9.17) is 11.6 Å². The van der Waals surface area contributed by atoms with Gasteiger partial charge in [0, 0.05) is 22.6 Å². The van der Waals surface area contributed by atoms with Crippen LogP contribution in [0.3, 0.4) is 0 Å². The van der Waals surface area contributed by atoms with Crippen LogP contribution in [0.15, 0.2) is 48.2 Å². The second-order valence-corrected chi connectivity index (χ2v) is 5.99. The number of nitrogens with one attached hydrogen (secondary N) is 2. The van der Waals surface area contributed by atoms with Gasteiger partial charge in [-0.05, 0) is 56.2 Å². The van der Waals surface area contributed by atoms with Crippen LogP contribution in [0, 0.1) is 32.1 Å². The molecule has 1 amide bonds. The lowest BCUT2D eigenvalue weighted by atomic mass is 10.0. The Balaban J connectivity index is 2.16. The summed E-state index contributed by atoms with van der Waals surface area (Å²) in [5, 5.41) is 15.6. The average Bonchev–Trinajstić information content (AvgIpc) is 2.53. The van der Waals surface area contributed by atoms with Gasteiger partial charge in [0.05, 0.1) is 0 Å². The number of nitrogens with zero attached hydrogens (tertiary/aromatic N) is 1. The number of nitriles is 1. The number of benzene rings is 2. The highest BCUT2D eigenvalue weighted by Gasteiger charge is 2.12. The SMILES string of the molecule is Cc1cc(C)c(NC(=O)/C(C#N)=C\Nc2ccc(Cl)cc2)c(C)c1. The average molecular weight is 340 g/mol. The van der Waals surface area contributed by atoms with Crippen molar-refractivity contribution in [3.63, 3.8) is 0 Å². The number of carbonyl (C=O) groups is 1. The van der Waals surface area contributed by atoms with Crippen LogP contribution in [0.2, 0.25) is 5.02 Å². The van der Waals surface area contributed by atoms with Gasteiger partial charge in [-0.3, -0.25) is 4.79 Å². The lowest BCUT2D eigenvalue weighted by Gasteiger charge is -2.12. The second-order valence-electron chi connectivity index (χ2n) is 5.55. The van der Waals surface area contributed by atoms with Crippen molar-refractivity contribution >= 4 is 28.9 Å². The molecule has 0 unspecified atom stereocenters. The quantitative estimate of drug-likeness (QED) is 0.625. The third-order valence-corrected chi connectivity index (χ3v) is 3.76. The molecule has 0 atom stereocenters. The highest BCUT2D eigenvalue weighted by molar-refractivity contribution is 6.30. The van der Waals surface area contributed by atoms with Gasteiger partial charge in [0.15, 0.2) is 0 Å². The minimum Gasteiger partial charge on any atom is -0.360 e. The normalized spacial score (nSPS) is 10.9. The summed E-state index contributed by atoms with van der Waals surface area (Å²) in [4.78, 5) is 12.3. The summed E-state index contributed by atoms with van der Waals surface area (Å²) < 4.78 is 0. The Bertz CT molecular complexity index is 810. The summed E-state index contributed by atoms with van der Waals surface area (Å²) in [6, 6.07) is 12.9. The molecule has 2 aromatic rings. The maximum atomic E-state index is 12.3. The van der Waals surface area contributed by atoms with Crippen LogP contribution in [0.25, 0.3) is 0 Å². The van der Waals surface area contributed by atoms with Crippen LogP contribution in [0.4, 0.5) is 11.4 Å². The number of hydrogen-bond donors (Lipinski definition) is 2. The number of aryl methyl sites for hydroxylation is 3. The van der Waals surface area contributed by atoms with Crippen LogP contribution in [0.1, 0.15) is 16.7 Å². The molecule has 0 aliphatic heterocycles. The Labute approximate surface area is 146 Å². The predicted molar refractivity (Wildman–Crippen MR) is 98.1 cm³/mol. The van der Waals surface area contributed by atoms with E-state index in [0.717, 1.165) is 28.1 Å². The molecule has 0 radical (unpaired) electrons. The van der Waals surface area contributed by atoms with E-state index in [-0.39, 0.29) is 5.57 Å². The molecular formula is C19H18ClN3O. The number of rotatable bonds is 4. The van der Waals surface area contributed by atoms with Crippen molar-refractivity contribution in [2.45, 2.75) is 20.8 Å². The first kappa shape index (κ1) is 17.6. The topological polar surface area (TPSA) is 64.9 Å². The van der Waals surface area contributed by atoms with E-state index in [1.165, 1.54) is 6.20 Å². The summed E-state index contributed by atoms with van der Waals surface area (Å²) in [7, 11) is 0. The minimum atomic E-state index is -0.450. The van der Waals surface area contributed by atoms with E-state index in [1.807, 2.05) is 39.0 Å². The molecule has 24 heavy (non-hydrogen) atoms. The molecule has 0 saturated heterocycles. The highest BCUT2D eigenvalue weighted by atomic mass is 35.5. The Morgan fingerprint density at radius 1 is 1.12 bits per heavy atom. The minimum absolute atomic E-state index is 0.00988. The number of hydrogen-bond acceptors (Lipinski definition) is 3. The van der Waals surface area contributed by atoms with Crippen LogP contribution in [0.5, 0.6) is 0 Å². The zero-order valence-electron chi connectivity index (χ0n) is 13.8. The van der Waals surface area contributed by atoms with E-state index in [9.17, 15) is 10.1 Å². The van der Waals surface area contributed by atoms with Crippen molar-refractivity contribution in [3.05, 3.63) is 69.9 Å². The van der Waals surface area contributed by atoms with Gasteiger partial charge in [-0.25, -0.2) is 0 Å². The summed E-state index contributed by atoms with van der Waals surface area (Å²) in [5.41, 5.74) is 4.52. The number of amides is 1. The van der Waals surface area contributed by atoms with Gasteiger partial charge in [-0.1, -0.05) is 29.3 Å². The number of anilines is 2. The largest absolute Gasteiger partial charge is 0.360 e. The predicted octanol–water partition coefficient (Wildman–Crippen LogP) is 4.72. The second kappa shape index (κ2) is 7.67. The van der Waals surface area contributed by atoms with Crippen molar-refractivity contribution in [1.82, 2.24) is 0 Å². The Morgan fingerprint density at radius 3 is 2.25 bits per heavy atom. The molecule has 122 valence electrons. The first-order valence-corrected chi connectivity index (χ1v) is 7.80. The summed E-state index contributed by atoms with van der Waals surface area (Å²) in [6.45, 7) is 5.86. The van der Waals surface area contributed by atoms with Crippen LogP contribution >= 0.6 is 11.6 Å². The fourth-order valence-electron chi connectivity index (χ4n) is 2.41. The van der Waals surface area contributed by atoms with Crippen LogP contribution in [-0.4, -0.2) is 5.91 Å². The van der Waals surface area contributed by atoms with Crippen LogP contribution in [-0.2, 0) is 4.79 Å². The number of carbonyl (C=O) groups excluding carboxylic acids is 1. The molecule has 2 N–H and O–H groups in total. The fraction of sp³-hybridized carbons (Fsp3) is 0.158. The molecule has 0 spiro atoms. The molecule has 0 heterocycles. The van der Waals surface area contributed by atoms with Gasteiger partial charge in [0.1, 0.15) is 11.6 Å². The van der Waals surface area contributed by atoms with Crippen molar-refractivity contribution in [1.29, 1.82) is 5.26 Å². The van der Waals surface area contributed by atoms with E-state index in [1.54, 1.807) is 24.3 Å². The standard InChI is InChI=1S/C19H18ClN3O/c1-12-8-13(2)18(14(3)9-12)23-19(24)15(10-21)11-22-17-6-4-16(20)5-7-17/h4-9,11,22H,1-3H3,(H,23,24)/b15-11-. The van der Waals surface area contributed by atoms with Gasteiger partial charge in [0.2, 0.25) is 0 Å². The van der Waals surface area contributed by atoms with Crippen molar-refractivity contribution < 1.29 is 4.79 Å². The molecule has 2 rings (SSSR count). The van der Waals surface area contributed by atoms with E-state index < -0.39 is 5.91 Å². The third kappa shape index (κ3) is 4.37. The maximum absolute atomic E-state index is 12.3. The zero-order valence-corrected chi connectivity index (χ0v) is 14.5. The van der Waals surface area contributed by atoms with Crippen LogP contribution < -0.4 is 10.6 Å². The molecule has 0 aromatic heterocycles. The van der Waals surface area contributed by atoms with Gasteiger partial charge < -0.3 is 10.6 Å². The molecule has 0 fully saturated rings. The molecular weight excluding hydrogens is 322 g/mol. The van der Waals surface area contributed by atoms with Gasteiger partial charge in [0.25, 0.3) is 5.91 Å². The third-order valence-electron chi connectivity index (χ3n) is 3.51. The van der Waals surface area contributed by atoms with Gasteiger partial charge in [-0.2, -0.15) is 5.26 Å². The summed E-state index contributed by atoms with van der Waals surface area (Å²) in [5.74, 6) is -0.450. The van der Waals surface area contributed by atoms with Crippen molar-refractivity contribution in [3.8, 4) is 6.07 Å². The Kier molecular flexibility index (Phi) is 5.62. The molecule has 0 bridgehead atoms. The smallest absolute Gasteiger partial charge is 0.267 e. The van der Waals surface area contributed by atoms with Gasteiger partial charge >= 0.3 is 0 Å². The lowest BCUT2D eigenvalue weighted by molar-refractivity contribution is -0.112. The lowest BCUT2D eigenvalue weighted by Crippen LogP contribution is -2.16. The fourth-order valence-corrected chi connectivity index (χ4v) is 2.53. The number of halogens is 1. The summed E-state index contributed by atoms with van der Waals surface area (Å²) in [6.07, 6.45) is 1.39. The maximum Gasteiger partial charge on any atom is 0.267 e. The van der Waals surface area contributed by atoms with E-state index in [0.29, 0.717) is 5.02 Å². The highest BCUT2D eigenvalue weighted by Crippen LogP contribution is 2.22. The van der Waals surface area contributed by atoms with Crippen molar-refractivity contribution in [2.24, 2.45) is 0 Å². The summed E-state index contributed by atoms with van der Waals surface area (Å²) >= 11 is 5.82. The first-order valence-electron chi connectivity index (χ1n) is 7.42. The Morgan fingerprint density at radius 2 is 1.71 bits per heavy atom. The van der Waals surface area contributed by atoms with E-state index in [2.05, 4.69) is 10.6 Å². The van der Waals surface area contributed by atoms with Gasteiger partial charge in [-0.15, -0.1) is 0 Å². The van der Waals surface area contributed by atoms with Crippen molar-refractivity contribution in [2.75, 3.05) is 10.6 Å². The molecule has 4 nitrogen and oxygen atoms in total. The first-order chi connectivity index (χ1) is 11.4. The molecule has 2 aromatic carbocycles.